The zero-order chi connectivity index (χ0) is 8.27. The summed E-state index contributed by atoms with van der Waals surface area (Å²) in [5.74, 6) is 0. The van der Waals surface area contributed by atoms with E-state index in [9.17, 15) is 4.79 Å². The van der Waals surface area contributed by atoms with Crippen LogP contribution in [-0.4, -0.2) is 17.6 Å². The number of ether oxygens (including phenoxy) is 1. The molecule has 64 valence electrons. The van der Waals surface area contributed by atoms with Crippen molar-refractivity contribution in [2.45, 2.75) is 37.2 Å². The summed E-state index contributed by atoms with van der Waals surface area (Å²) in [5.41, 5.74) is 4.86. The van der Waals surface area contributed by atoms with Crippen LogP contribution in [-0.2, 0) is 4.74 Å². The highest BCUT2D eigenvalue weighted by Gasteiger charge is 2.22. The first-order valence-electron chi connectivity index (χ1n) is 3.78. The van der Waals surface area contributed by atoms with Crippen molar-refractivity contribution in [1.82, 2.24) is 0 Å². The molecule has 0 bridgehead atoms. The Labute approximate surface area is 70.8 Å². The quantitative estimate of drug-likeness (QED) is 0.619. The molecule has 11 heavy (non-hydrogen) atoms. The lowest BCUT2D eigenvalue weighted by Crippen LogP contribution is -2.28. The lowest BCUT2D eigenvalue weighted by atomic mass is 9.97. The number of primary amides is 1. The number of carbonyl (C=O) groups excluding carboxylic acids is 1. The van der Waals surface area contributed by atoms with E-state index >= 15 is 0 Å². The third kappa shape index (κ3) is 2.97. The van der Waals surface area contributed by atoms with Crippen LogP contribution in [0.5, 0.6) is 0 Å². The van der Waals surface area contributed by atoms with Crippen molar-refractivity contribution in [3.05, 3.63) is 0 Å². The van der Waals surface area contributed by atoms with Crippen molar-refractivity contribution in [2.24, 2.45) is 5.73 Å². The number of nitrogens with two attached hydrogens (primary N) is 1. The fraction of sp³-hybridized carbons (Fsp3) is 0.857. The van der Waals surface area contributed by atoms with E-state index in [1.165, 1.54) is 0 Å². The first-order valence-corrected chi connectivity index (χ1v) is 4.22. The first-order chi connectivity index (χ1) is 5.18. The Balaban J connectivity index is 2.28. The summed E-state index contributed by atoms with van der Waals surface area (Å²) in [6.07, 6.45) is 2.92. The molecular formula is C7H12ClNO2. The second kappa shape index (κ2) is 3.81. The molecule has 0 aliphatic heterocycles. The minimum absolute atomic E-state index is 0.0521. The second-order valence-corrected chi connectivity index (χ2v) is 3.44. The minimum Gasteiger partial charge on any atom is -0.446 e. The van der Waals surface area contributed by atoms with Crippen molar-refractivity contribution >= 4 is 17.7 Å². The van der Waals surface area contributed by atoms with Crippen LogP contribution < -0.4 is 5.73 Å². The largest absolute Gasteiger partial charge is 0.446 e. The van der Waals surface area contributed by atoms with Gasteiger partial charge >= 0.3 is 6.09 Å². The maximum absolute atomic E-state index is 10.3. The number of rotatable bonds is 1. The van der Waals surface area contributed by atoms with E-state index in [0.717, 1.165) is 25.7 Å². The Morgan fingerprint density at radius 1 is 1.55 bits per heavy atom. The third-order valence-corrected chi connectivity index (χ3v) is 2.24. The van der Waals surface area contributed by atoms with Crippen molar-refractivity contribution in [3.8, 4) is 0 Å². The molecule has 0 saturated heterocycles. The molecule has 0 aromatic heterocycles. The Kier molecular flexibility index (Phi) is 3.00. The normalized spacial score (nSPS) is 31.4. The molecule has 0 aromatic carbocycles. The van der Waals surface area contributed by atoms with E-state index in [1.54, 1.807) is 0 Å². The number of carbonyl (C=O) groups is 1. The fourth-order valence-corrected chi connectivity index (χ4v) is 1.71. The topological polar surface area (TPSA) is 52.3 Å². The predicted octanol–water partition coefficient (Wildman–Crippen LogP) is 1.63. The lowest BCUT2D eigenvalue weighted by Gasteiger charge is -2.24. The van der Waals surface area contributed by atoms with Crippen LogP contribution in [0.25, 0.3) is 0 Å². The van der Waals surface area contributed by atoms with Crippen LogP contribution in [0, 0.1) is 0 Å². The molecule has 2 N–H and O–H groups in total. The van der Waals surface area contributed by atoms with Gasteiger partial charge in [0.2, 0.25) is 0 Å². The fourth-order valence-electron chi connectivity index (χ4n) is 1.36. The maximum Gasteiger partial charge on any atom is 0.404 e. The van der Waals surface area contributed by atoms with E-state index in [1.807, 2.05) is 0 Å². The number of amides is 1. The SMILES string of the molecule is NC(=O)OC1CCCC(Cl)C1. The van der Waals surface area contributed by atoms with E-state index in [-0.39, 0.29) is 11.5 Å². The summed E-state index contributed by atoms with van der Waals surface area (Å²) in [5, 5.41) is 0.146. The maximum atomic E-state index is 10.3. The average Bonchev–Trinajstić information content (AvgIpc) is 1.85. The summed E-state index contributed by atoms with van der Waals surface area (Å²) >= 11 is 5.86. The summed E-state index contributed by atoms with van der Waals surface area (Å²) < 4.78 is 4.82. The molecule has 0 heterocycles. The summed E-state index contributed by atoms with van der Waals surface area (Å²) in [7, 11) is 0. The number of hydrogen-bond donors (Lipinski definition) is 1. The van der Waals surface area contributed by atoms with Crippen molar-refractivity contribution in [2.75, 3.05) is 0 Å². The standard InChI is InChI=1S/C7H12ClNO2/c8-5-2-1-3-6(4-5)11-7(9)10/h5-6H,1-4H2,(H2,9,10). The van der Waals surface area contributed by atoms with Crippen LogP contribution in [0.3, 0.4) is 0 Å². The molecule has 4 heteroatoms. The molecule has 3 nitrogen and oxygen atoms in total. The number of hydrogen-bond acceptors (Lipinski definition) is 2. The van der Waals surface area contributed by atoms with E-state index < -0.39 is 6.09 Å². The molecule has 0 aromatic rings. The molecule has 2 unspecified atom stereocenters. The average molecular weight is 178 g/mol. The van der Waals surface area contributed by atoms with Crippen LogP contribution in [0.4, 0.5) is 4.79 Å². The van der Waals surface area contributed by atoms with Gasteiger partial charge in [0.05, 0.1) is 0 Å². The van der Waals surface area contributed by atoms with Gasteiger partial charge in [0.15, 0.2) is 0 Å². The van der Waals surface area contributed by atoms with E-state index in [0.29, 0.717) is 0 Å². The monoisotopic (exact) mass is 177 g/mol. The van der Waals surface area contributed by atoms with E-state index in [4.69, 9.17) is 22.1 Å². The van der Waals surface area contributed by atoms with Crippen LogP contribution in [0.15, 0.2) is 0 Å². The Morgan fingerprint density at radius 2 is 2.27 bits per heavy atom. The van der Waals surface area contributed by atoms with E-state index in [2.05, 4.69) is 0 Å². The van der Waals surface area contributed by atoms with Gasteiger partial charge in [0.25, 0.3) is 0 Å². The van der Waals surface area contributed by atoms with Gasteiger partial charge in [-0.25, -0.2) is 4.79 Å². The molecule has 1 rings (SSSR count). The Morgan fingerprint density at radius 3 is 2.82 bits per heavy atom. The van der Waals surface area contributed by atoms with Crippen LogP contribution in [0.2, 0.25) is 0 Å². The third-order valence-electron chi connectivity index (χ3n) is 1.84. The highest BCUT2D eigenvalue weighted by molar-refractivity contribution is 6.20. The predicted molar refractivity (Wildman–Crippen MR) is 42.6 cm³/mol. The molecule has 1 aliphatic carbocycles. The molecule has 1 saturated carbocycles. The van der Waals surface area contributed by atoms with Crippen molar-refractivity contribution in [1.29, 1.82) is 0 Å². The van der Waals surface area contributed by atoms with Gasteiger partial charge in [-0.1, -0.05) is 0 Å². The Hall–Kier alpha value is -0.440. The molecule has 0 radical (unpaired) electrons. The van der Waals surface area contributed by atoms with Crippen molar-refractivity contribution < 1.29 is 9.53 Å². The first kappa shape index (κ1) is 8.65. The molecular weight excluding hydrogens is 166 g/mol. The van der Waals surface area contributed by atoms with Gasteiger partial charge in [0, 0.05) is 11.8 Å². The highest BCUT2D eigenvalue weighted by atomic mass is 35.5. The van der Waals surface area contributed by atoms with Gasteiger partial charge in [0.1, 0.15) is 6.10 Å². The van der Waals surface area contributed by atoms with Crippen LogP contribution in [0.1, 0.15) is 25.7 Å². The molecule has 1 fully saturated rings. The van der Waals surface area contributed by atoms with Crippen LogP contribution >= 0.6 is 11.6 Å². The zero-order valence-electron chi connectivity index (χ0n) is 6.25. The van der Waals surface area contributed by atoms with Gasteiger partial charge in [-0.2, -0.15) is 0 Å². The summed E-state index contributed by atoms with van der Waals surface area (Å²) in [4.78, 5) is 10.3. The number of halogens is 1. The molecule has 1 amide bonds. The molecule has 0 spiro atoms. The second-order valence-electron chi connectivity index (χ2n) is 2.82. The van der Waals surface area contributed by atoms with Gasteiger partial charge < -0.3 is 10.5 Å². The minimum atomic E-state index is -0.694. The van der Waals surface area contributed by atoms with Gasteiger partial charge in [-0.05, 0) is 19.3 Å². The summed E-state index contributed by atoms with van der Waals surface area (Å²) in [6.45, 7) is 0. The molecule has 1 aliphatic rings. The molecule has 2 atom stereocenters. The zero-order valence-corrected chi connectivity index (χ0v) is 7.01. The Bertz CT molecular complexity index is 151. The lowest BCUT2D eigenvalue weighted by molar-refractivity contribution is 0.0840. The van der Waals surface area contributed by atoms with Crippen molar-refractivity contribution in [3.63, 3.8) is 0 Å². The smallest absolute Gasteiger partial charge is 0.404 e. The van der Waals surface area contributed by atoms with Gasteiger partial charge in [-0.3, -0.25) is 0 Å². The highest BCUT2D eigenvalue weighted by Crippen LogP contribution is 2.24. The van der Waals surface area contributed by atoms with Gasteiger partial charge in [-0.15, -0.1) is 11.6 Å². The summed E-state index contributed by atoms with van der Waals surface area (Å²) in [6, 6.07) is 0. The number of alkyl halides is 1.